The summed E-state index contributed by atoms with van der Waals surface area (Å²) >= 11 is 23.5. The molecule has 15 heteroatoms. The van der Waals surface area contributed by atoms with Crippen molar-refractivity contribution in [2.75, 3.05) is 13.2 Å². The standard InChI is InChI=1S/C13H12Br2Cl3N5O4S/c14-6-4-7-9(24)22-3-1-2-12(22)10(23(7)8(6)15)19-11(20-12)21-28(25,26)27-5-13(16,17)18/h4,10H,1-3,5H2,(H2,19,20,21)/t10-,12+/m1/s1. The maximum absolute atomic E-state index is 13.0. The lowest BCUT2D eigenvalue weighted by Crippen LogP contribution is -2.63. The number of halogens is 5. The van der Waals surface area contributed by atoms with Gasteiger partial charge in [0.25, 0.3) is 5.91 Å². The van der Waals surface area contributed by atoms with Crippen molar-refractivity contribution in [2.24, 2.45) is 4.99 Å². The Hall–Kier alpha value is -0.240. The summed E-state index contributed by atoms with van der Waals surface area (Å²) in [5.74, 6) is -0.224. The van der Waals surface area contributed by atoms with Gasteiger partial charge < -0.3 is 14.8 Å². The predicted molar refractivity (Wildman–Crippen MR) is 111 cm³/mol. The highest BCUT2D eigenvalue weighted by atomic mass is 79.9. The van der Waals surface area contributed by atoms with E-state index in [1.807, 2.05) is 0 Å². The summed E-state index contributed by atoms with van der Waals surface area (Å²) in [4.78, 5) is 19.1. The van der Waals surface area contributed by atoms with E-state index in [1.165, 1.54) is 0 Å². The summed E-state index contributed by atoms with van der Waals surface area (Å²) in [6.07, 6.45) is 0.766. The molecule has 0 radical (unpaired) electrons. The first-order valence-corrected chi connectivity index (χ1v) is 12.0. The molecule has 3 aliphatic rings. The Balaban J connectivity index is 1.67. The number of rotatable bonds is 3. The predicted octanol–water partition coefficient (Wildman–Crippen LogP) is 2.64. The molecule has 2 atom stereocenters. The third-order valence-electron chi connectivity index (χ3n) is 4.67. The number of guanidine groups is 1. The molecule has 0 unspecified atom stereocenters. The van der Waals surface area contributed by atoms with Crippen molar-refractivity contribution in [1.82, 2.24) is 19.5 Å². The molecule has 0 aliphatic carbocycles. The van der Waals surface area contributed by atoms with Gasteiger partial charge in [-0.1, -0.05) is 34.8 Å². The minimum absolute atomic E-state index is 0.0569. The lowest BCUT2D eigenvalue weighted by atomic mass is 10.0. The molecule has 1 spiro atoms. The van der Waals surface area contributed by atoms with Crippen molar-refractivity contribution >= 4 is 88.8 Å². The number of nitrogens with zero attached hydrogens (tertiary/aromatic N) is 3. The van der Waals surface area contributed by atoms with Crippen molar-refractivity contribution in [1.29, 1.82) is 0 Å². The summed E-state index contributed by atoms with van der Waals surface area (Å²) in [5, 5.41) is 3.06. The highest BCUT2D eigenvalue weighted by Gasteiger charge is 2.59. The van der Waals surface area contributed by atoms with Crippen LogP contribution in [-0.4, -0.2) is 52.4 Å². The van der Waals surface area contributed by atoms with E-state index in [4.69, 9.17) is 34.8 Å². The maximum Gasteiger partial charge on any atom is 0.362 e. The van der Waals surface area contributed by atoms with E-state index in [0.717, 1.165) is 6.42 Å². The molecule has 9 nitrogen and oxygen atoms in total. The normalized spacial score (nSPS) is 26.5. The average molecular weight is 601 g/mol. The Morgan fingerprint density at radius 2 is 2.14 bits per heavy atom. The monoisotopic (exact) mass is 597 g/mol. The molecular weight excluding hydrogens is 588 g/mol. The molecular formula is C13H12Br2Cl3N5O4S. The van der Waals surface area contributed by atoms with Gasteiger partial charge in [-0.3, -0.25) is 4.79 Å². The molecule has 28 heavy (non-hydrogen) atoms. The number of fused-ring (bicyclic) bond motifs is 2. The molecule has 1 aromatic heterocycles. The van der Waals surface area contributed by atoms with Gasteiger partial charge in [0, 0.05) is 6.54 Å². The highest BCUT2D eigenvalue weighted by Crippen LogP contribution is 2.48. The highest BCUT2D eigenvalue weighted by molar-refractivity contribution is 9.13. The number of amides is 1. The van der Waals surface area contributed by atoms with Gasteiger partial charge in [0.05, 0.1) is 4.47 Å². The topological polar surface area (TPSA) is 105 Å². The number of hydrogen-bond acceptors (Lipinski definition) is 6. The van der Waals surface area contributed by atoms with Crippen LogP contribution in [0.15, 0.2) is 20.1 Å². The Labute approximate surface area is 192 Å². The second-order valence-corrected chi connectivity index (χ2v) is 11.9. The zero-order chi connectivity index (χ0) is 20.5. The van der Waals surface area contributed by atoms with Gasteiger partial charge in [0.1, 0.15) is 16.9 Å². The molecule has 0 aromatic carbocycles. The van der Waals surface area contributed by atoms with Gasteiger partial charge >= 0.3 is 10.3 Å². The summed E-state index contributed by atoms with van der Waals surface area (Å²) in [6, 6.07) is 1.70. The molecule has 2 N–H and O–H groups in total. The zero-order valence-electron chi connectivity index (χ0n) is 13.8. The lowest BCUT2D eigenvalue weighted by Gasteiger charge is -2.43. The van der Waals surface area contributed by atoms with Gasteiger partial charge in [0.15, 0.2) is 11.8 Å². The molecule has 1 aromatic rings. The van der Waals surface area contributed by atoms with Gasteiger partial charge in [0.2, 0.25) is 9.75 Å². The Morgan fingerprint density at radius 3 is 2.82 bits per heavy atom. The summed E-state index contributed by atoms with van der Waals surface area (Å²) in [7, 11) is -4.30. The number of carbonyl (C=O) groups excluding carboxylic acids is 1. The smallest absolute Gasteiger partial charge is 0.329 e. The van der Waals surface area contributed by atoms with E-state index in [-0.39, 0.29) is 11.9 Å². The maximum atomic E-state index is 13.0. The minimum atomic E-state index is -4.30. The third-order valence-corrected chi connectivity index (χ3v) is 7.82. The van der Waals surface area contributed by atoms with Crippen molar-refractivity contribution in [3.63, 3.8) is 0 Å². The second-order valence-electron chi connectivity index (χ2n) is 6.43. The number of hydrogen-bond donors (Lipinski definition) is 2. The number of carbonyl (C=O) groups is 1. The lowest BCUT2D eigenvalue weighted by molar-refractivity contribution is 0.0322. The van der Waals surface area contributed by atoms with Crippen LogP contribution >= 0.6 is 66.7 Å². The molecule has 0 bridgehead atoms. The Morgan fingerprint density at radius 1 is 1.43 bits per heavy atom. The SMILES string of the molecule is O=C1c2cc(Br)c(Br)n2[C@H]2N=C(NS(=O)(=O)OCC(Cl)(Cl)Cl)N[C@]23CCCN13. The van der Waals surface area contributed by atoms with E-state index >= 15 is 0 Å². The van der Waals surface area contributed by atoms with Crippen molar-refractivity contribution < 1.29 is 17.4 Å². The summed E-state index contributed by atoms with van der Waals surface area (Å²) in [6.45, 7) is -0.137. The molecule has 1 fully saturated rings. The summed E-state index contributed by atoms with van der Waals surface area (Å²) in [5.41, 5.74) is -0.429. The molecule has 4 heterocycles. The Bertz CT molecular complexity index is 995. The van der Waals surface area contributed by atoms with Crippen LogP contribution in [0.2, 0.25) is 0 Å². The molecule has 1 saturated heterocycles. The second kappa shape index (κ2) is 6.89. The number of nitrogens with one attached hydrogen (secondary N) is 2. The fourth-order valence-corrected chi connectivity index (χ4v) is 5.68. The van der Waals surface area contributed by atoms with Crippen LogP contribution in [0, 0.1) is 0 Å². The van der Waals surface area contributed by atoms with Crippen LogP contribution in [0.4, 0.5) is 0 Å². The fourth-order valence-electron chi connectivity index (χ4n) is 3.68. The molecule has 1 amide bonds. The van der Waals surface area contributed by atoms with Crippen LogP contribution in [0.5, 0.6) is 0 Å². The average Bonchev–Trinajstić information content (AvgIpc) is 3.23. The van der Waals surface area contributed by atoms with E-state index < -0.39 is 32.5 Å². The van der Waals surface area contributed by atoms with E-state index in [9.17, 15) is 13.2 Å². The Kier molecular flexibility index (Phi) is 5.17. The molecule has 154 valence electrons. The van der Waals surface area contributed by atoms with Crippen molar-refractivity contribution in [2.45, 2.75) is 28.5 Å². The molecule has 0 saturated carbocycles. The van der Waals surface area contributed by atoms with Crippen molar-refractivity contribution in [3.8, 4) is 0 Å². The van der Waals surface area contributed by atoms with Gasteiger partial charge in [-0.15, -0.1) is 0 Å². The zero-order valence-corrected chi connectivity index (χ0v) is 20.0. The van der Waals surface area contributed by atoms with Crippen LogP contribution in [-0.2, 0) is 14.5 Å². The van der Waals surface area contributed by atoms with E-state index in [1.54, 1.807) is 15.5 Å². The van der Waals surface area contributed by atoms with Crippen LogP contribution in [0.3, 0.4) is 0 Å². The first kappa shape index (κ1) is 21.0. The third kappa shape index (κ3) is 3.44. The largest absolute Gasteiger partial charge is 0.362 e. The fraction of sp³-hybridized carbons (Fsp3) is 0.538. The molecule has 3 aliphatic heterocycles. The van der Waals surface area contributed by atoms with Gasteiger partial charge in [-0.05, 0) is 50.8 Å². The van der Waals surface area contributed by atoms with Gasteiger partial charge in [-0.2, -0.15) is 8.42 Å². The van der Waals surface area contributed by atoms with Crippen LogP contribution in [0.25, 0.3) is 0 Å². The minimum Gasteiger partial charge on any atom is -0.329 e. The quantitative estimate of drug-likeness (QED) is 0.520. The van der Waals surface area contributed by atoms with Crippen LogP contribution in [0.1, 0.15) is 29.5 Å². The number of aliphatic imine (C=N–C) groups is 1. The first-order chi connectivity index (χ1) is 12.9. The van der Waals surface area contributed by atoms with Crippen molar-refractivity contribution in [3.05, 3.63) is 20.8 Å². The van der Waals surface area contributed by atoms with Crippen LogP contribution < -0.4 is 10.0 Å². The molecule has 4 rings (SSSR count). The summed E-state index contributed by atoms with van der Waals surface area (Å²) < 4.78 is 32.4. The number of alkyl halides is 3. The number of aromatic nitrogens is 1. The van der Waals surface area contributed by atoms with Gasteiger partial charge in [-0.25, -0.2) is 13.9 Å². The first-order valence-electron chi connectivity index (χ1n) is 7.92. The van der Waals surface area contributed by atoms with E-state index in [0.29, 0.717) is 27.7 Å². The van der Waals surface area contributed by atoms with E-state index in [2.05, 4.69) is 51.1 Å².